The van der Waals surface area contributed by atoms with E-state index in [1.807, 2.05) is 24.3 Å². The standard InChI is InChI=1S/C12H11NO.CH3Cl.CH5N/c14-12-7-11-9(5-6-13-11)8-3-1-2-4-10(8)12;2*1-2/h1-4,7,13-14H,5-6H2;1H3;2H2,1H3. The number of phenolic OH excluding ortho intramolecular Hbond substituents is 1. The van der Waals surface area contributed by atoms with Gasteiger partial charge in [-0.3, -0.25) is 0 Å². The van der Waals surface area contributed by atoms with Crippen molar-refractivity contribution in [2.75, 3.05) is 25.3 Å². The van der Waals surface area contributed by atoms with Crippen molar-refractivity contribution in [3.8, 4) is 5.75 Å². The van der Waals surface area contributed by atoms with Crippen molar-refractivity contribution in [2.24, 2.45) is 5.73 Å². The SMILES string of the molecule is CCl.CN.Oc1cc2c(c3ccccc13)CCN2. The number of nitrogens with two attached hydrogens (primary N) is 1. The summed E-state index contributed by atoms with van der Waals surface area (Å²) in [4.78, 5) is 0. The van der Waals surface area contributed by atoms with E-state index in [4.69, 9.17) is 0 Å². The Morgan fingerprint density at radius 3 is 2.44 bits per heavy atom. The molecule has 3 rings (SSSR count). The molecule has 4 N–H and O–H groups in total. The Labute approximate surface area is 113 Å². The van der Waals surface area contributed by atoms with Crippen LogP contribution >= 0.6 is 11.6 Å². The summed E-state index contributed by atoms with van der Waals surface area (Å²) in [6.07, 6.45) is 2.52. The van der Waals surface area contributed by atoms with Gasteiger partial charge in [-0.15, -0.1) is 11.6 Å². The van der Waals surface area contributed by atoms with Crippen LogP contribution in [-0.4, -0.2) is 25.1 Å². The first kappa shape index (κ1) is 14.6. The molecule has 98 valence electrons. The van der Waals surface area contributed by atoms with Crippen molar-refractivity contribution < 1.29 is 5.11 Å². The molecule has 0 atom stereocenters. The molecule has 4 heteroatoms. The van der Waals surface area contributed by atoms with Gasteiger partial charge >= 0.3 is 0 Å². The van der Waals surface area contributed by atoms with Crippen LogP contribution in [0.1, 0.15) is 5.56 Å². The maximum Gasteiger partial charge on any atom is 0.125 e. The Balaban J connectivity index is 0.000000371. The molecule has 0 radical (unpaired) electrons. The van der Waals surface area contributed by atoms with E-state index in [-0.39, 0.29) is 0 Å². The van der Waals surface area contributed by atoms with Crippen LogP contribution in [-0.2, 0) is 6.42 Å². The van der Waals surface area contributed by atoms with Crippen LogP contribution < -0.4 is 11.1 Å². The summed E-state index contributed by atoms with van der Waals surface area (Å²) in [6, 6.07) is 9.83. The topological polar surface area (TPSA) is 58.3 Å². The highest BCUT2D eigenvalue weighted by Crippen LogP contribution is 2.36. The first-order valence-electron chi connectivity index (χ1n) is 5.79. The molecule has 0 aromatic heterocycles. The highest BCUT2D eigenvalue weighted by atomic mass is 35.5. The zero-order valence-electron chi connectivity index (χ0n) is 10.7. The summed E-state index contributed by atoms with van der Waals surface area (Å²) in [7, 11) is 1.50. The number of anilines is 1. The van der Waals surface area contributed by atoms with Gasteiger partial charge in [0.05, 0.1) is 0 Å². The normalized spacial score (nSPS) is 11.6. The van der Waals surface area contributed by atoms with Crippen molar-refractivity contribution in [3.63, 3.8) is 0 Å². The van der Waals surface area contributed by atoms with E-state index in [1.54, 1.807) is 0 Å². The second kappa shape index (κ2) is 7.09. The summed E-state index contributed by atoms with van der Waals surface area (Å²) in [5, 5.41) is 15.2. The monoisotopic (exact) mass is 266 g/mol. The average Bonchev–Trinajstić information content (AvgIpc) is 2.92. The largest absolute Gasteiger partial charge is 0.507 e. The molecule has 1 aliphatic heterocycles. The zero-order chi connectivity index (χ0) is 13.5. The van der Waals surface area contributed by atoms with Crippen LogP contribution in [0.15, 0.2) is 30.3 Å². The first-order valence-corrected chi connectivity index (χ1v) is 6.55. The van der Waals surface area contributed by atoms with E-state index < -0.39 is 0 Å². The van der Waals surface area contributed by atoms with Crippen molar-refractivity contribution >= 4 is 28.1 Å². The van der Waals surface area contributed by atoms with Gasteiger partial charge in [0.15, 0.2) is 0 Å². The number of rotatable bonds is 0. The number of hydrogen-bond donors (Lipinski definition) is 3. The molecule has 0 spiro atoms. The molecular formula is C14H19ClN2O. The molecule has 0 saturated heterocycles. The van der Waals surface area contributed by atoms with Crippen LogP contribution in [0.5, 0.6) is 5.75 Å². The fraction of sp³-hybridized carbons (Fsp3) is 0.286. The Hall–Kier alpha value is -1.45. The van der Waals surface area contributed by atoms with Gasteiger partial charge in [-0.1, -0.05) is 24.3 Å². The van der Waals surface area contributed by atoms with Gasteiger partial charge in [0, 0.05) is 30.1 Å². The molecule has 18 heavy (non-hydrogen) atoms. The lowest BCUT2D eigenvalue weighted by molar-refractivity contribution is 0.482. The molecule has 0 fully saturated rings. The maximum atomic E-state index is 9.80. The Bertz CT molecular complexity index is 514. The van der Waals surface area contributed by atoms with E-state index in [0.29, 0.717) is 5.75 Å². The van der Waals surface area contributed by atoms with Crippen molar-refractivity contribution in [1.29, 1.82) is 0 Å². The number of halogens is 1. The van der Waals surface area contributed by atoms with Crippen LogP contribution in [0.25, 0.3) is 10.8 Å². The van der Waals surface area contributed by atoms with E-state index >= 15 is 0 Å². The highest BCUT2D eigenvalue weighted by Gasteiger charge is 2.15. The van der Waals surface area contributed by atoms with Crippen LogP contribution in [0.4, 0.5) is 5.69 Å². The molecule has 0 bridgehead atoms. The van der Waals surface area contributed by atoms with E-state index in [1.165, 1.54) is 24.4 Å². The summed E-state index contributed by atoms with van der Waals surface area (Å²) in [5.41, 5.74) is 6.92. The number of benzene rings is 2. The third-order valence-corrected chi connectivity index (χ3v) is 2.82. The molecule has 0 amide bonds. The minimum absolute atomic E-state index is 0.369. The van der Waals surface area contributed by atoms with Gasteiger partial charge < -0.3 is 16.2 Å². The Kier molecular flexibility index (Phi) is 5.75. The molecule has 0 aliphatic carbocycles. The van der Waals surface area contributed by atoms with Gasteiger partial charge in [-0.25, -0.2) is 0 Å². The average molecular weight is 267 g/mol. The smallest absolute Gasteiger partial charge is 0.125 e. The van der Waals surface area contributed by atoms with E-state index in [9.17, 15) is 5.11 Å². The number of phenols is 1. The molecule has 3 nitrogen and oxygen atoms in total. The number of fused-ring (bicyclic) bond motifs is 3. The lowest BCUT2D eigenvalue weighted by Gasteiger charge is -2.06. The quantitative estimate of drug-likeness (QED) is 0.643. The predicted octanol–water partition coefficient (Wildman–Crippen LogP) is 2.94. The Morgan fingerprint density at radius 2 is 1.78 bits per heavy atom. The number of hydrogen-bond acceptors (Lipinski definition) is 3. The predicted molar refractivity (Wildman–Crippen MR) is 79.7 cm³/mol. The van der Waals surface area contributed by atoms with Crippen molar-refractivity contribution in [2.45, 2.75) is 6.42 Å². The van der Waals surface area contributed by atoms with Crippen LogP contribution in [0, 0.1) is 0 Å². The minimum atomic E-state index is 0.369. The van der Waals surface area contributed by atoms with Gasteiger partial charge in [0.25, 0.3) is 0 Å². The summed E-state index contributed by atoms with van der Waals surface area (Å²) < 4.78 is 0. The molecule has 1 aliphatic rings. The molecule has 2 aromatic rings. The summed E-state index contributed by atoms with van der Waals surface area (Å²) >= 11 is 4.64. The zero-order valence-corrected chi connectivity index (χ0v) is 11.5. The van der Waals surface area contributed by atoms with E-state index in [0.717, 1.165) is 24.0 Å². The molecule has 0 unspecified atom stereocenters. The van der Waals surface area contributed by atoms with Crippen molar-refractivity contribution in [1.82, 2.24) is 0 Å². The molecule has 2 aromatic carbocycles. The third-order valence-electron chi connectivity index (χ3n) is 2.82. The van der Waals surface area contributed by atoms with Crippen LogP contribution in [0.2, 0.25) is 0 Å². The lowest BCUT2D eigenvalue weighted by Crippen LogP contribution is -1.90. The molecular weight excluding hydrogens is 248 g/mol. The number of nitrogens with one attached hydrogen (secondary N) is 1. The number of aromatic hydroxyl groups is 1. The van der Waals surface area contributed by atoms with Crippen molar-refractivity contribution in [3.05, 3.63) is 35.9 Å². The molecule has 0 saturated carbocycles. The van der Waals surface area contributed by atoms with Gasteiger partial charge in [-0.05, 0) is 24.4 Å². The second-order valence-corrected chi connectivity index (χ2v) is 3.64. The highest BCUT2D eigenvalue weighted by molar-refractivity contribution is 6.15. The van der Waals surface area contributed by atoms with Gasteiger partial charge in [0.1, 0.15) is 5.75 Å². The van der Waals surface area contributed by atoms with Gasteiger partial charge in [0.2, 0.25) is 0 Å². The summed E-state index contributed by atoms with van der Waals surface area (Å²) in [5.74, 6) is 0.369. The third kappa shape index (κ3) is 2.68. The first-order chi connectivity index (χ1) is 8.86. The minimum Gasteiger partial charge on any atom is -0.507 e. The fourth-order valence-electron chi connectivity index (χ4n) is 2.17. The summed E-state index contributed by atoms with van der Waals surface area (Å²) in [6.45, 7) is 0.975. The fourth-order valence-corrected chi connectivity index (χ4v) is 2.17. The lowest BCUT2D eigenvalue weighted by atomic mass is 10.0. The molecule has 1 heterocycles. The van der Waals surface area contributed by atoms with Gasteiger partial charge in [-0.2, -0.15) is 0 Å². The maximum absolute atomic E-state index is 9.80. The Morgan fingerprint density at radius 1 is 1.17 bits per heavy atom. The van der Waals surface area contributed by atoms with Crippen LogP contribution in [0.3, 0.4) is 0 Å². The van der Waals surface area contributed by atoms with E-state index in [2.05, 4.69) is 28.7 Å². The second-order valence-electron chi connectivity index (χ2n) is 3.64. The number of alkyl halides is 1.